The third-order valence-electron chi connectivity index (χ3n) is 7.78. The summed E-state index contributed by atoms with van der Waals surface area (Å²) in [6.45, 7) is 12.6. The first-order chi connectivity index (χ1) is 18.9. The maximum absolute atomic E-state index is 13.4. The molecule has 0 saturated carbocycles. The molecule has 0 aromatic heterocycles. The lowest BCUT2D eigenvalue weighted by Crippen LogP contribution is -2.46. The number of alkyl halides is 3. The molecular formula is C30H42F3N5O2. The Bertz CT molecular complexity index is 1130. The van der Waals surface area contributed by atoms with Crippen LogP contribution in [0, 0.1) is 0 Å². The maximum atomic E-state index is 13.4. The van der Waals surface area contributed by atoms with Crippen LogP contribution in [0.5, 0.6) is 0 Å². The summed E-state index contributed by atoms with van der Waals surface area (Å²) in [5.41, 5.74) is 4.46. The molecule has 40 heavy (non-hydrogen) atoms. The minimum Gasteiger partial charge on any atom is -0.380 e. The highest BCUT2D eigenvalue weighted by Crippen LogP contribution is 2.37. The van der Waals surface area contributed by atoms with Crippen LogP contribution in [-0.2, 0) is 21.2 Å². The normalized spacial score (nSPS) is 18.7. The van der Waals surface area contributed by atoms with E-state index >= 15 is 0 Å². The van der Waals surface area contributed by atoms with Gasteiger partial charge in [-0.05, 0) is 60.7 Å². The molecule has 2 heterocycles. The quantitative estimate of drug-likeness (QED) is 0.389. The number of carbonyl (C=O) groups excluding carboxylic acids is 1. The fraction of sp³-hybridized carbons (Fsp3) is 0.567. The Balaban J connectivity index is 1.18. The Morgan fingerprint density at radius 1 is 1.00 bits per heavy atom. The summed E-state index contributed by atoms with van der Waals surface area (Å²) >= 11 is 0. The fourth-order valence-electron chi connectivity index (χ4n) is 5.42. The van der Waals surface area contributed by atoms with Crippen molar-refractivity contribution in [3.63, 3.8) is 0 Å². The summed E-state index contributed by atoms with van der Waals surface area (Å²) in [7, 11) is 1.27. The Morgan fingerprint density at radius 2 is 1.70 bits per heavy atom. The van der Waals surface area contributed by atoms with E-state index in [2.05, 4.69) is 70.5 Å². The third kappa shape index (κ3) is 7.81. The fourth-order valence-corrected chi connectivity index (χ4v) is 5.42. The lowest BCUT2D eigenvalue weighted by Gasteiger charge is -2.36. The predicted molar refractivity (Wildman–Crippen MR) is 154 cm³/mol. The zero-order valence-electron chi connectivity index (χ0n) is 24.0. The van der Waals surface area contributed by atoms with Crippen LogP contribution in [0.2, 0.25) is 0 Å². The van der Waals surface area contributed by atoms with E-state index < -0.39 is 11.7 Å². The average Bonchev–Trinajstić information content (AvgIpc) is 3.38. The molecule has 1 atom stereocenters. The molecule has 2 aromatic carbocycles. The number of hydrogen-bond acceptors (Lipinski definition) is 6. The number of anilines is 3. The number of piperazine rings is 1. The standard InChI is InChI=1S/C30H42F3N5O2/c1-29(2,3)22-7-10-25(11-8-22)37-18-16-36(17-19-37)14-5-6-28(39)38-15-13-24(21-38)34-23-9-12-27(35-40-4)26(20-23)30(31,32)33/h7-12,20,24,34-35H,5-6,13-19,21H2,1-4H3/t24-/m1/s1. The van der Waals surface area contributed by atoms with Gasteiger partial charge in [0, 0.05) is 63.1 Å². The zero-order valence-corrected chi connectivity index (χ0v) is 24.0. The first-order valence-corrected chi connectivity index (χ1v) is 14.1. The van der Waals surface area contributed by atoms with Crippen LogP contribution >= 0.6 is 0 Å². The monoisotopic (exact) mass is 561 g/mol. The Hall–Kier alpha value is -2.98. The summed E-state index contributed by atoms with van der Waals surface area (Å²) in [4.78, 5) is 24.1. The van der Waals surface area contributed by atoms with E-state index in [-0.39, 0.29) is 23.1 Å². The summed E-state index contributed by atoms with van der Waals surface area (Å²) in [5.74, 6) is 0.109. The second kappa shape index (κ2) is 12.7. The van der Waals surface area contributed by atoms with Crippen LogP contribution in [0.3, 0.4) is 0 Å². The molecule has 0 bridgehead atoms. The SMILES string of the molecule is CONc1ccc(N[C@@H]2CCN(C(=O)CCCN3CCN(c4ccc(C(C)(C)C)cc4)CC3)C2)cc1C(F)(F)F. The number of amides is 1. The Kier molecular flexibility index (Phi) is 9.51. The van der Waals surface area contributed by atoms with Crippen LogP contribution in [0.15, 0.2) is 42.5 Å². The van der Waals surface area contributed by atoms with Gasteiger partial charge in [-0.15, -0.1) is 0 Å². The van der Waals surface area contributed by atoms with E-state index in [0.717, 1.165) is 45.2 Å². The smallest absolute Gasteiger partial charge is 0.380 e. The second-order valence-corrected chi connectivity index (χ2v) is 11.8. The lowest BCUT2D eigenvalue weighted by molar-refractivity contribution is -0.137. The molecule has 2 saturated heterocycles. The Morgan fingerprint density at radius 3 is 2.33 bits per heavy atom. The summed E-state index contributed by atoms with van der Waals surface area (Å²) in [5, 5.41) is 3.17. The van der Waals surface area contributed by atoms with E-state index in [1.54, 1.807) is 6.07 Å². The average molecular weight is 562 g/mol. The van der Waals surface area contributed by atoms with Crippen LogP contribution in [0.1, 0.15) is 51.2 Å². The van der Waals surface area contributed by atoms with Gasteiger partial charge in [-0.25, -0.2) is 0 Å². The summed E-state index contributed by atoms with van der Waals surface area (Å²) in [6, 6.07) is 12.8. The van der Waals surface area contributed by atoms with Gasteiger partial charge in [0.2, 0.25) is 5.91 Å². The number of benzene rings is 2. The maximum Gasteiger partial charge on any atom is 0.418 e. The highest BCUT2D eigenvalue weighted by molar-refractivity contribution is 5.76. The van der Waals surface area contributed by atoms with Gasteiger partial charge in [0.05, 0.1) is 18.4 Å². The van der Waals surface area contributed by atoms with Crippen LogP contribution in [0.4, 0.5) is 30.2 Å². The largest absolute Gasteiger partial charge is 0.418 e. The van der Waals surface area contributed by atoms with Crippen molar-refractivity contribution in [2.45, 2.75) is 57.7 Å². The zero-order chi connectivity index (χ0) is 28.9. The molecule has 2 fully saturated rings. The summed E-state index contributed by atoms with van der Waals surface area (Å²) in [6.07, 6.45) is -2.53. The van der Waals surface area contributed by atoms with Gasteiger partial charge in [-0.3, -0.25) is 20.0 Å². The number of nitrogens with one attached hydrogen (secondary N) is 2. The van der Waals surface area contributed by atoms with E-state index in [4.69, 9.17) is 0 Å². The van der Waals surface area contributed by atoms with Gasteiger partial charge in [0.15, 0.2) is 0 Å². The third-order valence-corrected chi connectivity index (χ3v) is 7.78. The molecule has 4 rings (SSSR count). The molecule has 0 unspecified atom stereocenters. The molecule has 220 valence electrons. The number of halogens is 3. The molecule has 2 aromatic rings. The molecule has 0 aliphatic carbocycles. The topological polar surface area (TPSA) is 60.1 Å². The van der Waals surface area contributed by atoms with Crippen molar-refractivity contribution in [3.8, 4) is 0 Å². The van der Waals surface area contributed by atoms with Gasteiger partial charge in [0.25, 0.3) is 0 Å². The predicted octanol–water partition coefficient (Wildman–Crippen LogP) is 5.59. The summed E-state index contributed by atoms with van der Waals surface area (Å²) < 4.78 is 40.3. The van der Waals surface area contributed by atoms with Gasteiger partial charge in [0.1, 0.15) is 0 Å². The lowest BCUT2D eigenvalue weighted by atomic mass is 9.87. The van der Waals surface area contributed by atoms with Crippen molar-refractivity contribution in [3.05, 3.63) is 53.6 Å². The molecule has 2 aliphatic rings. The second-order valence-electron chi connectivity index (χ2n) is 11.8. The molecule has 2 aliphatic heterocycles. The molecule has 0 spiro atoms. The minimum atomic E-state index is -4.51. The van der Waals surface area contributed by atoms with Gasteiger partial charge >= 0.3 is 6.18 Å². The minimum absolute atomic E-state index is 0.0863. The number of hydrogen-bond donors (Lipinski definition) is 2. The van der Waals surface area contributed by atoms with Crippen molar-refractivity contribution in [2.24, 2.45) is 0 Å². The molecule has 0 radical (unpaired) electrons. The van der Waals surface area contributed by atoms with E-state index in [1.807, 2.05) is 4.90 Å². The van der Waals surface area contributed by atoms with Crippen molar-refractivity contribution in [1.29, 1.82) is 0 Å². The molecule has 7 nitrogen and oxygen atoms in total. The van der Waals surface area contributed by atoms with Crippen molar-refractivity contribution < 1.29 is 22.8 Å². The molecule has 2 N–H and O–H groups in total. The molecular weight excluding hydrogens is 519 g/mol. The number of nitrogens with zero attached hydrogens (tertiary/aromatic N) is 3. The van der Waals surface area contributed by atoms with Crippen molar-refractivity contribution in [2.75, 3.05) is 68.6 Å². The van der Waals surface area contributed by atoms with Crippen molar-refractivity contribution >= 4 is 23.0 Å². The van der Waals surface area contributed by atoms with E-state index in [9.17, 15) is 18.0 Å². The number of carbonyl (C=O) groups is 1. The van der Waals surface area contributed by atoms with Gasteiger partial charge < -0.3 is 15.1 Å². The number of likely N-dealkylation sites (tertiary alicyclic amines) is 1. The van der Waals surface area contributed by atoms with Gasteiger partial charge in [-0.2, -0.15) is 13.2 Å². The van der Waals surface area contributed by atoms with Crippen LogP contribution in [-0.4, -0.2) is 74.7 Å². The van der Waals surface area contributed by atoms with E-state index in [0.29, 0.717) is 31.6 Å². The highest BCUT2D eigenvalue weighted by Gasteiger charge is 2.34. The highest BCUT2D eigenvalue weighted by atomic mass is 19.4. The molecule has 1 amide bonds. The number of rotatable bonds is 9. The van der Waals surface area contributed by atoms with Crippen LogP contribution in [0.25, 0.3) is 0 Å². The first kappa shape index (κ1) is 30.0. The Labute approximate surface area is 235 Å². The first-order valence-electron chi connectivity index (χ1n) is 14.1. The van der Waals surface area contributed by atoms with E-state index in [1.165, 1.54) is 24.4 Å². The molecule has 10 heteroatoms. The van der Waals surface area contributed by atoms with Gasteiger partial charge in [-0.1, -0.05) is 32.9 Å². The van der Waals surface area contributed by atoms with Crippen molar-refractivity contribution in [1.82, 2.24) is 9.80 Å². The van der Waals surface area contributed by atoms with Crippen LogP contribution < -0.4 is 15.7 Å².